The maximum absolute atomic E-state index is 12.9. The average Bonchev–Trinajstić information content (AvgIpc) is 2.93. The largest absolute Gasteiger partial charge is 0.348 e. The molecule has 1 fully saturated rings. The molecule has 0 aliphatic carbocycles. The van der Waals surface area contributed by atoms with Crippen molar-refractivity contribution in [3.05, 3.63) is 65.7 Å². The van der Waals surface area contributed by atoms with Crippen LogP contribution >= 0.6 is 0 Å². The van der Waals surface area contributed by atoms with Gasteiger partial charge in [-0.15, -0.1) is 0 Å². The molecule has 2 aromatic carbocycles. The van der Waals surface area contributed by atoms with Crippen molar-refractivity contribution in [2.45, 2.75) is 30.7 Å². The number of amides is 5. The van der Waals surface area contributed by atoms with Crippen LogP contribution in [0, 0.1) is 6.92 Å². The van der Waals surface area contributed by atoms with Crippen LogP contribution in [0.25, 0.3) is 0 Å². The molecule has 0 bridgehead atoms. The fraction of sp³-hybridized carbons (Fsp3) is 0.211. The van der Waals surface area contributed by atoms with Gasteiger partial charge in [-0.3, -0.25) is 4.79 Å². The van der Waals surface area contributed by atoms with Crippen molar-refractivity contribution in [2.75, 3.05) is 0 Å². The Balaban J connectivity index is 1.78. The molecule has 1 aliphatic heterocycles. The van der Waals surface area contributed by atoms with Crippen molar-refractivity contribution in [3.63, 3.8) is 0 Å². The highest BCUT2D eigenvalue weighted by Gasteiger charge is 2.52. The third kappa shape index (κ3) is 3.79. The van der Waals surface area contributed by atoms with Gasteiger partial charge in [0.05, 0.1) is 4.90 Å². The van der Waals surface area contributed by atoms with E-state index in [-0.39, 0.29) is 11.3 Å². The second-order valence-electron chi connectivity index (χ2n) is 6.56. The first-order valence-corrected chi connectivity index (χ1v) is 10.3. The van der Waals surface area contributed by atoms with Crippen molar-refractivity contribution >= 4 is 28.0 Å². The number of nitrogens with one attached hydrogen (secondary N) is 3. The Kier molecular flexibility index (Phi) is 5.29. The maximum atomic E-state index is 12.9. The lowest BCUT2D eigenvalue weighted by Crippen LogP contribution is -2.52. The van der Waals surface area contributed by atoms with Crippen LogP contribution in [0.1, 0.15) is 24.5 Å². The highest BCUT2D eigenvalue weighted by molar-refractivity contribution is 7.90. The lowest BCUT2D eigenvalue weighted by Gasteiger charge is -2.25. The molecule has 9 nitrogen and oxygen atoms in total. The monoisotopic (exact) mass is 416 g/mol. The Labute approximate surface area is 168 Å². The molecule has 3 rings (SSSR count). The summed E-state index contributed by atoms with van der Waals surface area (Å²) in [6.07, 6.45) is 0.239. The highest BCUT2D eigenvalue weighted by atomic mass is 32.2. The average molecular weight is 416 g/mol. The van der Waals surface area contributed by atoms with Gasteiger partial charge in [0.25, 0.3) is 15.9 Å². The van der Waals surface area contributed by atoms with E-state index in [9.17, 15) is 22.8 Å². The summed E-state index contributed by atoms with van der Waals surface area (Å²) in [6.45, 7) is 3.51. The van der Waals surface area contributed by atoms with E-state index in [0.29, 0.717) is 10.6 Å². The van der Waals surface area contributed by atoms with Gasteiger partial charge in [-0.1, -0.05) is 55.0 Å². The number of urea groups is 2. The molecule has 3 N–H and O–H groups in total. The summed E-state index contributed by atoms with van der Waals surface area (Å²) in [5.41, 5.74) is 2.08. The summed E-state index contributed by atoms with van der Waals surface area (Å²) in [5.74, 6) is -0.709. The van der Waals surface area contributed by atoms with Gasteiger partial charge in [0.1, 0.15) is 5.54 Å². The number of aryl methyl sites for hydroxylation is 1. The number of imide groups is 1. The van der Waals surface area contributed by atoms with Gasteiger partial charge < -0.3 is 5.32 Å². The third-order valence-electron chi connectivity index (χ3n) is 4.66. The van der Waals surface area contributed by atoms with E-state index in [1.165, 1.54) is 12.1 Å². The van der Waals surface area contributed by atoms with Crippen LogP contribution in [-0.4, -0.2) is 31.4 Å². The van der Waals surface area contributed by atoms with Gasteiger partial charge in [-0.05, 0) is 31.0 Å². The Morgan fingerprint density at radius 1 is 1.07 bits per heavy atom. The Bertz CT molecular complexity index is 1050. The Hall–Kier alpha value is -3.40. The number of benzene rings is 2. The molecule has 1 heterocycles. The summed E-state index contributed by atoms with van der Waals surface area (Å²) < 4.78 is 26.4. The van der Waals surface area contributed by atoms with E-state index >= 15 is 0 Å². The molecule has 1 saturated heterocycles. The van der Waals surface area contributed by atoms with Crippen LogP contribution in [0.15, 0.2) is 59.5 Å². The number of nitrogens with zero attached hydrogens (tertiary/aromatic N) is 1. The van der Waals surface area contributed by atoms with Crippen molar-refractivity contribution in [3.8, 4) is 0 Å². The third-order valence-corrected chi connectivity index (χ3v) is 6.01. The molecule has 0 saturated carbocycles. The smallest absolute Gasteiger partial charge is 0.318 e. The minimum atomic E-state index is -4.17. The molecule has 29 heavy (non-hydrogen) atoms. The molecule has 0 unspecified atom stereocenters. The summed E-state index contributed by atoms with van der Waals surface area (Å²) in [6, 6.07) is 12.4. The Morgan fingerprint density at radius 3 is 2.28 bits per heavy atom. The lowest BCUT2D eigenvalue weighted by atomic mass is 9.87. The molecule has 0 radical (unpaired) electrons. The van der Waals surface area contributed by atoms with Gasteiger partial charge in [-0.25, -0.2) is 28.2 Å². The number of sulfonamides is 1. The Morgan fingerprint density at radius 2 is 1.69 bits per heavy atom. The zero-order valence-corrected chi connectivity index (χ0v) is 16.6. The molecule has 1 atom stereocenters. The zero-order chi connectivity index (χ0) is 21.2. The minimum absolute atomic E-state index is 0.123. The van der Waals surface area contributed by atoms with Crippen molar-refractivity contribution in [1.82, 2.24) is 20.5 Å². The number of rotatable bonds is 5. The van der Waals surface area contributed by atoms with Crippen LogP contribution in [0.4, 0.5) is 9.59 Å². The predicted molar refractivity (Wildman–Crippen MR) is 104 cm³/mol. The first-order chi connectivity index (χ1) is 13.7. The second kappa shape index (κ2) is 7.55. The number of hydrazine groups is 1. The first-order valence-electron chi connectivity index (χ1n) is 8.82. The van der Waals surface area contributed by atoms with E-state index in [1.54, 1.807) is 61.0 Å². The molecule has 1 aliphatic rings. The topological polar surface area (TPSA) is 125 Å². The fourth-order valence-electron chi connectivity index (χ4n) is 3.06. The number of carbonyl (C=O) groups excluding carboxylic acids is 3. The number of hydrogen-bond acceptors (Lipinski definition) is 5. The van der Waals surface area contributed by atoms with Gasteiger partial charge in [-0.2, -0.15) is 5.01 Å². The summed E-state index contributed by atoms with van der Waals surface area (Å²) in [4.78, 5) is 37.4. The van der Waals surface area contributed by atoms with Gasteiger partial charge in [0.15, 0.2) is 0 Å². The standard InChI is InChI=1S/C19H20N4O5S/c1-3-19(14-7-5-4-6-8-14)16(24)23(18(26)20-19)21-17(25)22-29(27,28)15-11-9-13(2)10-12-15/h4-12H,3H2,1-2H3,(H,20,26)(H2,21,22,25)/t19-/m0/s1. The summed E-state index contributed by atoms with van der Waals surface area (Å²) in [5, 5.41) is 3.07. The van der Waals surface area contributed by atoms with Crippen LogP contribution in [0.3, 0.4) is 0 Å². The van der Waals surface area contributed by atoms with E-state index in [2.05, 4.69) is 5.32 Å². The summed E-state index contributed by atoms with van der Waals surface area (Å²) in [7, 11) is -4.17. The van der Waals surface area contributed by atoms with Crippen molar-refractivity contribution in [1.29, 1.82) is 0 Å². The van der Waals surface area contributed by atoms with Crippen LogP contribution in [0.5, 0.6) is 0 Å². The van der Waals surface area contributed by atoms with Gasteiger partial charge in [0, 0.05) is 0 Å². The highest BCUT2D eigenvalue weighted by Crippen LogP contribution is 2.31. The van der Waals surface area contributed by atoms with Gasteiger partial charge in [0.2, 0.25) is 0 Å². The van der Waals surface area contributed by atoms with E-state index in [4.69, 9.17) is 0 Å². The molecular weight excluding hydrogens is 396 g/mol. The fourth-order valence-corrected chi connectivity index (χ4v) is 3.96. The number of carbonyl (C=O) groups is 3. The maximum Gasteiger partial charge on any atom is 0.348 e. The molecule has 0 aromatic heterocycles. The van der Waals surface area contributed by atoms with Crippen molar-refractivity contribution in [2.24, 2.45) is 0 Å². The SMILES string of the molecule is CC[C@@]1(c2ccccc2)NC(=O)N(NC(=O)NS(=O)(=O)c2ccc(C)cc2)C1=O. The zero-order valence-electron chi connectivity index (χ0n) is 15.8. The molecule has 2 aromatic rings. The molecule has 0 spiro atoms. The molecular formula is C19H20N4O5S. The van der Waals surface area contributed by atoms with Crippen molar-refractivity contribution < 1.29 is 22.8 Å². The second-order valence-corrected chi connectivity index (χ2v) is 8.24. The quantitative estimate of drug-likeness (QED) is 0.641. The molecule has 5 amide bonds. The van der Waals surface area contributed by atoms with Crippen LogP contribution in [0.2, 0.25) is 0 Å². The molecule has 10 heteroatoms. The predicted octanol–water partition coefficient (Wildman–Crippen LogP) is 1.76. The minimum Gasteiger partial charge on any atom is -0.318 e. The lowest BCUT2D eigenvalue weighted by molar-refractivity contribution is -0.133. The van der Waals surface area contributed by atoms with Gasteiger partial charge >= 0.3 is 12.1 Å². The van der Waals surface area contributed by atoms with E-state index in [0.717, 1.165) is 5.56 Å². The first kappa shape index (κ1) is 20.3. The number of hydrogen-bond donors (Lipinski definition) is 3. The van der Waals surface area contributed by atoms with E-state index < -0.39 is 33.5 Å². The molecule has 152 valence electrons. The van der Waals surface area contributed by atoms with Crippen LogP contribution in [-0.2, 0) is 20.4 Å². The normalized spacial score (nSPS) is 19.0. The van der Waals surface area contributed by atoms with Crippen LogP contribution < -0.4 is 15.5 Å². The summed E-state index contributed by atoms with van der Waals surface area (Å²) >= 11 is 0. The van der Waals surface area contributed by atoms with E-state index in [1.807, 2.05) is 5.43 Å².